The Kier molecular flexibility index (Phi) is 4.27. The second-order valence-electron chi connectivity index (χ2n) is 4.88. The number of alkyl halides is 1. The number of likely N-dealkylation sites (tertiary alicyclic amines) is 1. The minimum Gasteiger partial charge on any atom is -0.337 e. The second-order valence-corrected chi connectivity index (χ2v) is 5.19. The van der Waals surface area contributed by atoms with Crippen molar-refractivity contribution in [2.45, 2.75) is 33.2 Å². The first kappa shape index (κ1) is 13.4. The van der Waals surface area contributed by atoms with Crippen molar-refractivity contribution in [1.29, 1.82) is 0 Å². The van der Waals surface area contributed by atoms with Gasteiger partial charge in [-0.05, 0) is 38.7 Å². The highest BCUT2D eigenvalue weighted by Gasteiger charge is 2.25. The third kappa shape index (κ3) is 2.69. The zero-order valence-electron chi connectivity index (χ0n) is 11.0. The van der Waals surface area contributed by atoms with Crippen molar-refractivity contribution in [2.24, 2.45) is 5.92 Å². The Morgan fingerprint density at radius 1 is 1.50 bits per heavy atom. The van der Waals surface area contributed by atoms with E-state index in [1.165, 1.54) is 0 Å². The topological polar surface area (TPSA) is 38.1 Å². The smallest absolute Gasteiger partial charge is 0.272 e. The molecule has 18 heavy (non-hydrogen) atoms. The summed E-state index contributed by atoms with van der Waals surface area (Å²) in [4.78, 5) is 14.3. The van der Waals surface area contributed by atoms with Crippen molar-refractivity contribution in [3.8, 4) is 0 Å². The summed E-state index contributed by atoms with van der Waals surface area (Å²) in [5, 5.41) is 4.32. The zero-order valence-corrected chi connectivity index (χ0v) is 11.8. The molecule has 4 nitrogen and oxygen atoms in total. The minimum atomic E-state index is 0.102. The molecule has 0 radical (unpaired) electrons. The van der Waals surface area contributed by atoms with Crippen LogP contribution in [-0.4, -0.2) is 39.6 Å². The summed E-state index contributed by atoms with van der Waals surface area (Å²) in [6, 6.07) is 1.87. The summed E-state index contributed by atoms with van der Waals surface area (Å²) in [5.41, 5.74) is 1.61. The van der Waals surface area contributed by atoms with Crippen LogP contribution in [0.4, 0.5) is 0 Å². The number of aromatic nitrogens is 2. The van der Waals surface area contributed by atoms with E-state index in [0.717, 1.165) is 38.2 Å². The molecule has 2 rings (SSSR count). The quantitative estimate of drug-likeness (QED) is 0.790. The van der Waals surface area contributed by atoms with Gasteiger partial charge in [-0.15, -0.1) is 11.6 Å². The normalized spacial score (nSPS) is 17.2. The number of carbonyl (C=O) groups excluding carboxylic acids is 1. The fourth-order valence-electron chi connectivity index (χ4n) is 2.41. The molecule has 1 saturated heterocycles. The molecule has 0 atom stereocenters. The lowest BCUT2D eigenvalue weighted by molar-refractivity contribution is 0.0685. The highest BCUT2D eigenvalue weighted by atomic mass is 35.5. The van der Waals surface area contributed by atoms with Gasteiger partial charge >= 0.3 is 0 Å². The molecule has 0 unspecified atom stereocenters. The van der Waals surface area contributed by atoms with Crippen molar-refractivity contribution < 1.29 is 4.79 Å². The van der Waals surface area contributed by atoms with E-state index in [4.69, 9.17) is 11.6 Å². The maximum absolute atomic E-state index is 12.4. The van der Waals surface area contributed by atoms with E-state index in [1.54, 1.807) is 4.68 Å². The van der Waals surface area contributed by atoms with Gasteiger partial charge in [0.15, 0.2) is 0 Å². The van der Waals surface area contributed by atoms with Crippen molar-refractivity contribution in [3.05, 3.63) is 17.5 Å². The van der Waals surface area contributed by atoms with Crippen LogP contribution in [0.5, 0.6) is 0 Å². The van der Waals surface area contributed by atoms with E-state index < -0.39 is 0 Å². The first-order valence-corrected chi connectivity index (χ1v) is 7.08. The minimum absolute atomic E-state index is 0.102. The van der Waals surface area contributed by atoms with Gasteiger partial charge in [0.1, 0.15) is 5.69 Å². The van der Waals surface area contributed by atoms with Crippen molar-refractivity contribution in [2.75, 3.05) is 19.0 Å². The lowest BCUT2D eigenvalue weighted by Gasteiger charge is -2.31. The molecular weight excluding hydrogens is 250 g/mol. The Bertz CT molecular complexity index is 422. The molecule has 1 fully saturated rings. The number of nitrogens with zero attached hydrogens (tertiary/aromatic N) is 3. The lowest BCUT2D eigenvalue weighted by Crippen LogP contribution is -2.39. The molecule has 0 aliphatic carbocycles. The molecule has 1 aliphatic heterocycles. The van der Waals surface area contributed by atoms with E-state index in [0.29, 0.717) is 17.5 Å². The van der Waals surface area contributed by atoms with Gasteiger partial charge in [-0.2, -0.15) is 5.10 Å². The highest BCUT2D eigenvalue weighted by molar-refractivity contribution is 6.18. The summed E-state index contributed by atoms with van der Waals surface area (Å²) < 4.78 is 1.78. The van der Waals surface area contributed by atoms with Crippen LogP contribution in [0.15, 0.2) is 6.07 Å². The summed E-state index contributed by atoms with van der Waals surface area (Å²) in [6.07, 6.45) is 2.02. The number of halogens is 1. The van der Waals surface area contributed by atoms with Gasteiger partial charge < -0.3 is 4.90 Å². The van der Waals surface area contributed by atoms with Gasteiger partial charge in [0.25, 0.3) is 5.91 Å². The Labute approximate surface area is 113 Å². The molecule has 5 heteroatoms. The highest BCUT2D eigenvalue weighted by Crippen LogP contribution is 2.20. The molecule has 2 heterocycles. The molecule has 0 aromatic carbocycles. The van der Waals surface area contributed by atoms with E-state index in [1.807, 2.05) is 24.8 Å². The van der Waals surface area contributed by atoms with Crippen molar-refractivity contribution in [1.82, 2.24) is 14.7 Å². The molecule has 0 bridgehead atoms. The molecule has 1 amide bonds. The Hall–Kier alpha value is -1.03. The van der Waals surface area contributed by atoms with Crippen LogP contribution in [0.1, 0.15) is 35.9 Å². The average Bonchev–Trinajstić information content (AvgIpc) is 2.79. The van der Waals surface area contributed by atoms with Crippen LogP contribution in [0.2, 0.25) is 0 Å². The van der Waals surface area contributed by atoms with E-state index >= 15 is 0 Å². The summed E-state index contributed by atoms with van der Waals surface area (Å²) >= 11 is 5.86. The number of hydrogen-bond donors (Lipinski definition) is 0. The molecule has 1 aliphatic rings. The molecule has 0 N–H and O–H groups in total. The molecular formula is C13H20ClN3O. The van der Waals surface area contributed by atoms with Gasteiger partial charge in [-0.3, -0.25) is 9.48 Å². The first-order chi connectivity index (χ1) is 8.65. The van der Waals surface area contributed by atoms with Crippen LogP contribution in [0.25, 0.3) is 0 Å². The zero-order chi connectivity index (χ0) is 13.1. The number of hydrogen-bond acceptors (Lipinski definition) is 2. The van der Waals surface area contributed by atoms with E-state index in [2.05, 4.69) is 5.10 Å². The number of rotatable bonds is 3. The molecule has 0 saturated carbocycles. The summed E-state index contributed by atoms with van der Waals surface area (Å²) in [5.74, 6) is 1.37. The fourth-order valence-corrected chi connectivity index (χ4v) is 2.72. The van der Waals surface area contributed by atoms with Gasteiger partial charge in [0.2, 0.25) is 0 Å². The predicted octanol–water partition coefficient (Wildman–Crippen LogP) is 2.30. The number of aryl methyl sites for hydroxylation is 2. The maximum Gasteiger partial charge on any atom is 0.272 e. The number of carbonyl (C=O) groups is 1. The Morgan fingerprint density at radius 2 is 2.17 bits per heavy atom. The average molecular weight is 270 g/mol. The van der Waals surface area contributed by atoms with Crippen LogP contribution >= 0.6 is 11.6 Å². The van der Waals surface area contributed by atoms with Gasteiger partial charge in [-0.1, -0.05) is 0 Å². The molecule has 1 aromatic heterocycles. The van der Waals surface area contributed by atoms with Gasteiger partial charge in [-0.25, -0.2) is 0 Å². The summed E-state index contributed by atoms with van der Waals surface area (Å²) in [6.45, 7) is 6.27. The predicted molar refractivity (Wildman–Crippen MR) is 72.0 cm³/mol. The summed E-state index contributed by atoms with van der Waals surface area (Å²) in [7, 11) is 0. The fraction of sp³-hybridized carbons (Fsp3) is 0.692. The monoisotopic (exact) mass is 269 g/mol. The number of amides is 1. The van der Waals surface area contributed by atoms with E-state index in [9.17, 15) is 4.79 Å². The third-order valence-corrected chi connectivity index (χ3v) is 3.98. The van der Waals surface area contributed by atoms with Crippen LogP contribution in [0, 0.1) is 12.8 Å². The van der Waals surface area contributed by atoms with E-state index in [-0.39, 0.29) is 5.91 Å². The SMILES string of the molecule is CCn1nc(C)cc1C(=O)N1CCC(CCl)CC1. The van der Waals surface area contributed by atoms with Gasteiger partial charge in [0, 0.05) is 25.5 Å². The lowest BCUT2D eigenvalue weighted by atomic mass is 9.99. The molecule has 100 valence electrons. The first-order valence-electron chi connectivity index (χ1n) is 6.55. The Morgan fingerprint density at radius 3 is 2.72 bits per heavy atom. The molecule has 1 aromatic rings. The molecule has 0 spiro atoms. The largest absolute Gasteiger partial charge is 0.337 e. The van der Waals surface area contributed by atoms with Crippen LogP contribution in [-0.2, 0) is 6.54 Å². The van der Waals surface area contributed by atoms with Crippen molar-refractivity contribution >= 4 is 17.5 Å². The van der Waals surface area contributed by atoms with Crippen LogP contribution < -0.4 is 0 Å². The second kappa shape index (κ2) is 5.74. The van der Waals surface area contributed by atoms with Crippen molar-refractivity contribution in [3.63, 3.8) is 0 Å². The Balaban J connectivity index is 2.07. The maximum atomic E-state index is 12.4. The van der Waals surface area contributed by atoms with Crippen LogP contribution in [0.3, 0.4) is 0 Å². The standard InChI is InChI=1S/C13H20ClN3O/c1-3-17-12(8-10(2)15-17)13(18)16-6-4-11(9-14)5-7-16/h8,11H,3-7,9H2,1-2H3. The van der Waals surface area contributed by atoms with Gasteiger partial charge in [0.05, 0.1) is 5.69 Å². The third-order valence-electron chi connectivity index (χ3n) is 3.54. The number of piperidine rings is 1.